The van der Waals surface area contributed by atoms with E-state index in [0.29, 0.717) is 6.42 Å². The second-order valence-corrected chi connectivity index (χ2v) is 2.07. The Hall–Kier alpha value is 0.140. The van der Waals surface area contributed by atoms with Crippen molar-refractivity contribution < 1.29 is 13.2 Å². The van der Waals surface area contributed by atoms with E-state index in [9.17, 15) is 13.2 Å². The fourth-order valence-corrected chi connectivity index (χ4v) is 0.575. The van der Waals surface area contributed by atoms with Crippen LogP contribution in [0.25, 0.3) is 0 Å². The summed E-state index contributed by atoms with van der Waals surface area (Å²) in [5, 5.41) is 0. The van der Waals surface area contributed by atoms with Gasteiger partial charge in [-0.05, 0) is 6.42 Å². The minimum absolute atomic E-state index is 0. The van der Waals surface area contributed by atoms with E-state index in [-0.39, 0.29) is 19.9 Å². The van der Waals surface area contributed by atoms with Crippen molar-refractivity contribution in [3.63, 3.8) is 0 Å². The van der Waals surface area contributed by atoms with Gasteiger partial charge in [0.05, 0.1) is 0 Å². The van der Waals surface area contributed by atoms with E-state index in [1.54, 1.807) is 0 Å². The topological polar surface area (TPSA) is 0 Å². The van der Waals surface area contributed by atoms with Crippen LogP contribution in [0.1, 0.15) is 32.6 Å². The first-order valence-corrected chi connectivity index (χ1v) is 3.13. The standard InChI is InChI=1S/C6H11F3.H2S/c1-2-3-4-5-6(7,8)9;/h2-5H2,1H3;1H2. The molecular formula is C6H13F3S. The minimum Gasteiger partial charge on any atom is -0.197 e. The van der Waals surface area contributed by atoms with E-state index in [2.05, 4.69) is 0 Å². The van der Waals surface area contributed by atoms with E-state index in [0.717, 1.165) is 6.42 Å². The summed E-state index contributed by atoms with van der Waals surface area (Å²) in [7, 11) is 0. The molecule has 0 spiro atoms. The minimum atomic E-state index is -3.95. The Balaban J connectivity index is 0. The molecule has 0 heterocycles. The average molecular weight is 174 g/mol. The molecule has 0 saturated heterocycles. The second-order valence-electron chi connectivity index (χ2n) is 2.07. The first-order chi connectivity index (χ1) is 4.06. The van der Waals surface area contributed by atoms with Gasteiger partial charge in [0.15, 0.2) is 0 Å². The van der Waals surface area contributed by atoms with Crippen LogP contribution in [0.3, 0.4) is 0 Å². The third-order valence-electron chi connectivity index (χ3n) is 1.06. The summed E-state index contributed by atoms with van der Waals surface area (Å²) in [5.41, 5.74) is 0. The third kappa shape index (κ3) is 11.0. The first kappa shape index (κ1) is 12.8. The molecule has 0 rings (SSSR count). The zero-order valence-corrected chi connectivity index (χ0v) is 6.96. The molecule has 0 bridgehead atoms. The van der Waals surface area contributed by atoms with Gasteiger partial charge in [-0.1, -0.05) is 19.8 Å². The summed E-state index contributed by atoms with van der Waals surface area (Å²) < 4.78 is 34.1. The highest BCUT2D eigenvalue weighted by Crippen LogP contribution is 2.22. The number of rotatable bonds is 3. The lowest BCUT2D eigenvalue weighted by molar-refractivity contribution is -0.135. The smallest absolute Gasteiger partial charge is 0.197 e. The maximum atomic E-state index is 11.4. The number of alkyl halides is 3. The molecule has 0 aliphatic rings. The third-order valence-corrected chi connectivity index (χ3v) is 1.06. The lowest BCUT2D eigenvalue weighted by Crippen LogP contribution is -2.05. The van der Waals surface area contributed by atoms with E-state index < -0.39 is 12.6 Å². The van der Waals surface area contributed by atoms with Crippen molar-refractivity contribution in [2.24, 2.45) is 0 Å². The Morgan fingerprint density at radius 2 is 1.60 bits per heavy atom. The molecular weight excluding hydrogens is 161 g/mol. The molecule has 0 N–H and O–H groups in total. The monoisotopic (exact) mass is 174 g/mol. The summed E-state index contributed by atoms with van der Waals surface area (Å²) >= 11 is 0. The molecule has 0 aliphatic carbocycles. The van der Waals surface area contributed by atoms with Crippen molar-refractivity contribution in [1.29, 1.82) is 0 Å². The van der Waals surface area contributed by atoms with Crippen molar-refractivity contribution in [2.45, 2.75) is 38.8 Å². The molecule has 0 aromatic heterocycles. The van der Waals surface area contributed by atoms with Crippen LogP contribution < -0.4 is 0 Å². The normalized spacial score (nSPS) is 10.8. The number of hydrogen-bond acceptors (Lipinski definition) is 0. The molecule has 0 saturated carbocycles. The van der Waals surface area contributed by atoms with Crippen LogP contribution in [-0.4, -0.2) is 6.18 Å². The number of unbranched alkanes of at least 4 members (excludes halogenated alkanes) is 2. The predicted octanol–water partition coefficient (Wildman–Crippen LogP) is 3.24. The van der Waals surface area contributed by atoms with Crippen LogP contribution in [0.2, 0.25) is 0 Å². The Bertz CT molecular complexity index is 69.9. The highest BCUT2D eigenvalue weighted by molar-refractivity contribution is 7.59. The van der Waals surface area contributed by atoms with E-state index in [4.69, 9.17) is 0 Å². The van der Waals surface area contributed by atoms with E-state index in [1.807, 2.05) is 6.92 Å². The Morgan fingerprint density at radius 3 is 1.90 bits per heavy atom. The highest BCUT2D eigenvalue weighted by atomic mass is 32.1. The van der Waals surface area contributed by atoms with Gasteiger partial charge < -0.3 is 0 Å². The Morgan fingerprint density at radius 1 is 1.10 bits per heavy atom. The van der Waals surface area contributed by atoms with Crippen LogP contribution in [0.4, 0.5) is 13.2 Å². The van der Waals surface area contributed by atoms with Gasteiger partial charge in [-0.25, -0.2) is 0 Å². The quantitative estimate of drug-likeness (QED) is 0.576. The van der Waals surface area contributed by atoms with Crippen molar-refractivity contribution in [3.8, 4) is 0 Å². The molecule has 4 heteroatoms. The molecule has 10 heavy (non-hydrogen) atoms. The van der Waals surface area contributed by atoms with Crippen molar-refractivity contribution >= 4 is 13.5 Å². The summed E-state index contributed by atoms with van der Waals surface area (Å²) in [5.74, 6) is 0. The zero-order chi connectivity index (χ0) is 7.33. The molecule has 0 radical (unpaired) electrons. The van der Waals surface area contributed by atoms with Gasteiger partial charge in [0, 0.05) is 6.42 Å². The maximum Gasteiger partial charge on any atom is 0.389 e. The van der Waals surface area contributed by atoms with Crippen molar-refractivity contribution in [1.82, 2.24) is 0 Å². The summed E-state index contributed by atoms with van der Waals surface area (Å²) in [6.07, 6.45) is -2.77. The molecule has 0 nitrogen and oxygen atoms in total. The largest absolute Gasteiger partial charge is 0.389 e. The van der Waals surface area contributed by atoms with Crippen LogP contribution in [0, 0.1) is 0 Å². The Kier molecular flexibility index (Phi) is 7.53. The fourth-order valence-electron chi connectivity index (χ4n) is 0.575. The van der Waals surface area contributed by atoms with Gasteiger partial charge in [0.2, 0.25) is 0 Å². The SMILES string of the molecule is CCCCCC(F)(F)F.S. The predicted molar refractivity (Wildman–Crippen MR) is 40.6 cm³/mol. The van der Waals surface area contributed by atoms with Gasteiger partial charge in [-0.15, -0.1) is 0 Å². The van der Waals surface area contributed by atoms with Crippen LogP contribution in [-0.2, 0) is 0 Å². The van der Waals surface area contributed by atoms with Gasteiger partial charge in [0.25, 0.3) is 0 Å². The fraction of sp³-hybridized carbons (Fsp3) is 1.00. The zero-order valence-electron chi connectivity index (χ0n) is 5.96. The van der Waals surface area contributed by atoms with E-state index >= 15 is 0 Å². The highest BCUT2D eigenvalue weighted by Gasteiger charge is 2.25. The molecule has 0 amide bonds. The van der Waals surface area contributed by atoms with Crippen LogP contribution in [0.15, 0.2) is 0 Å². The summed E-state index contributed by atoms with van der Waals surface area (Å²) in [6, 6.07) is 0. The molecule has 0 atom stereocenters. The molecule has 0 aromatic rings. The van der Waals surface area contributed by atoms with Crippen LogP contribution in [0.5, 0.6) is 0 Å². The van der Waals surface area contributed by atoms with E-state index in [1.165, 1.54) is 0 Å². The van der Waals surface area contributed by atoms with Crippen LogP contribution >= 0.6 is 13.5 Å². The van der Waals surface area contributed by atoms with Crippen molar-refractivity contribution in [2.75, 3.05) is 0 Å². The van der Waals surface area contributed by atoms with Gasteiger partial charge in [0.1, 0.15) is 0 Å². The molecule has 0 aromatic carbocycles. The number of halogens is 3. The maximum absolute atomic E-state index is 11.4. The lowest BCUT2D eigenvalue weighted by Gasteiger charge is -2.03. The van der Waals surface area contributed by atoms with Gasteiger partial charge >= 0.3 is 6.18 Å². The summed E-state index contributed by atoms with van der Waals surface area (Å²) in [4.78, 5) is 0. The average Bonchev–Trinajstić information content (AvgIpc) is 1.63. The van der Waals surface area contributed by atoms with Gasteiger partial charge in [-0.2, -0.15) is 26.7 Å². The summed E-state index contributed by atoms with van der Waals surface area (Å²) in [6.45, 7) is 1.89. The molecule has 64 valence electrons. The van der Waals surface area contributed by atoms with Gasteiger partial charge in [-0.3, -0.25) is 0 Å². The first-order valence-electron chi connectivity index (χ1n) is 3.13. The number of hydrogen-bond donors (Lipinski definition) is 0. The molecule has 0 aliphatic heterocycles. The second kappa shape index (κ2) is 5.89. The lowest BCUT2D eigenvalue weighted by atomic mass is 10.2. The molecule has 0 unspecified atom stereocenters. The molecule has 0 fully saturated rings. The van der Waals surface area contributed by atoms with Crippen molar-refractivity contribution in [3.05, 3.63) is 0 Å². The Labute approximate surface area is 66.3 Å².